The molecule has 2 aromatic carbocycles. The number of nitrogens with two attached hydrogens (primary N) is 1. The molecule has 1 aliphatic heterocycles. The van der Waals surface area contributed by atoms with Gasteiger partial charge in [-0.2, -0.15) is 0 Å². The number of tetrazole rings is 1. The maximum atomic E-state index is 11.6. The molecule has 2 heterocycles. The highest BCUT2D eigenvalue weighted by Crippen LogP contribution is 2.45. The predicted octanol–water partition coefficient (Wildman–Crippen LogP) is 3.61. The highest BCUT2D eigenvalue weighted by molar-refractivity contribution is 5.93. The van der Waals surface area contributed by atoms with Crippen molar-refractivity contribution in [2.75, 3.05) is 5.32 Å². The Bertz CT molecular complexity index is 1100. The van der Waals surface area contributed by atoms with E-state index >= 15 is 0 Å². The molecule has 1 unspecified atom stereocenters. The molecular formula is C22H24N6O. The number of anilines is 1. The Kier molecular flexibility index (Phi) is 3.94. The van der Waals surface area contributed by atoms with Gasteiger partial charge in [0.1, 0.15) is 0 Å². The molecule has 29 heavy (non-hydrogen) atoms. The fraction of sp³-hybridized carbons (Fsp3) is 0.364. The molecule has 7 heteroatoms. The van der Waals surface area contributed by atoms with Crippen LogP contribution < -0.4 is 11.1 Å². The summed E-state index contributed by atoms with van der Waals surface area (Å²) in [5.41, 5.74) is 10.3. The number of hydrogen-bond donors (Lipinski definition) is 2. The molecule has 0 spiro atoms. The highest BCUT2D eigenvalue weighted by atomic mass is 16.1. The minimum Gasteiger partial charge on any atom is -0.378 e. The maximum Gasteiger partial charge on any atom is 0.248 e. The largest absolute Gasteiger partial charge is 0.378 e. The summed E-state index contributed by atoms with van der Waals surface area (Å²) in [6.45, 7) is 4.42. The first-order valence-electron chi connectivity index (χ1n) is 10.0. The molecular weight excluding hydrogens is 364 g/mol. The zero-order chi connectivity index (χ0) is 20.2. The number of fused-ring (bicyclic) bond motifs is 1. The van der Waals surface area contributed by atoms with Crippen molar-refractivity contribution in [2.45, 2.75) is 50.6 Å². The van der Waals surface area contributed by atoms with E-state index in [2.05, 4.69) is 59.0 Å². The Morgan fingerprint density at radius 2 is 2.03 bits per heavy atom. The molecule has 148 valence electrons. The minimum atomic E-state index is -0.396. The van der Waals surface area contributed by atoms with E-state index in [1.165, 1.54) is 5.56 Å². The molecule has 0 radical (unpaired) electrons. The van der Waals surface area contributed by atoms with E-state index in [0.29, 0.717) is 11.6 Å². The van der Waals surface area contributed by atoms with Crippen LogP contribution >= 0.6 is 0 Å². The number of primary amides is 1. The number of nitrogens with zero attached hydrogens (tertiary/aromatic N) is 4. The lowest BCUT2D eigenvalue weighted by molar-refractivity contribution is 0.1000. The van der Waals surface area contributed by atoms with E-state index in [4.69, 9.17) is 5.73 Å². The number of hydrogen-bond acceptors (Lipinski definition) is 5. The summed E-state index contributed by atoms with van der Waals surface area (Å²) in [6, 6.07) is 14.7. The lowest BCUT2D eigenvalue weighted by atomic mass is 9.73. The zero-order valence-corrected chi connectivity index (χ0v) is 16.6. The average Bonchev–Trinajstić information content (AvgIpc) is 3.43. The number of carbonyl (C=O) groups excluding carboxylic acids is 1. The van der Waals surface area contributed by atoms with E-state index < -0.39 is 5.91 Å². The Morgan fingerprint density at radius 1 is 1.21 bits per heavy atom. The third kappa shape index (κ3) is 3.16. The summed E-state index contributed by atoms with van der Waals surface area (Å²) in [5, 5.41) is 16.0. The molecule has 1 aliphatic carbocycles. The highest BCUT2D eigenvalue weighted by Gasteiger charge is 2.34. The fourth-order valence-electron chi connectivity index (χ4n) is 4.29. The van der Waals surface area contributed by atoms with Crippen LogP contribution in [0.5, 0.6) is 0 Å². The summed E-state index contributed by atoms with van der Waals surface area (Å²) in [7, 11) is 0. The Morgan fingerprint density at radius 3 is 2.79 bits per heavy atom. The normalized spacial score (nSPS) is 20.0. The third-order valence-corrected chi connectivity index (χ3v) is 6.01. The van der Waals surface area contributed by atoms with Crippen molar-refractivity contribution in [3.8, 4) is 11.4 Å². The van der Waals surface area contributed by atoms with Crippen molar-refractivity contribution in [3.05, 3.63) is 59.2 Å². The van der Waals surface area contributed by atoms with E-state index in [-0.39, 0.29) is 11.5 Å². The minimum absolute atomic E-state index is 0.0949. The molecule has 7 nitrogen and oxygen atoms in total. The standard InChI is InChI=1S/C22H24N6O/c1-22(2)12-19(24-18-9-6-14(20(23)29)11-17(18)22)13-4-3-5-15(10-13)21-25-26-27-28(21)16-7-8-16/h3-6,9-11,16,19,24H,7-8,12H2,1-2H3,(H2,23,29). The molecule has 1 saturated carbocycles. The molecule has 1 atom stereocenters. The first-order valence-corrected chi connectivity index (χ1v) is 10.0. The van der Waals surface area contributed by atoms with Crippen molar-refractivity contribution in [2.24, 2.45) is 5.73 Å². The van der Waals surface area contributed by atoms with Crippen molar-refractivity contribution in [1.82, 2.24) is 20.2 Å². The van der Waals surface area contributed by atoms with Crippen molar-refractivity contribution in [1.29, 1.82) is 0 Å². The molecule has 1 amide bonds. The van der Waals surface area contributed by atoms with Gasteiger partial charge in [0.25, 0.3) is 0 Å². The van der Waals surface area contributed by atoms with Gasteiger partial charge in [0.05, 0.1) is 12.1 Å². The first-order chi connectivity index (χ1) is 13.9. The number of nitrogens with one attached hydrogen (secondary N) is 1. The Hall–Kier alpha value is -3.22. The van der Waals surface area contributed by atoms with Gasteiger partial charge in [0, 0.05) is 16.8 Å². The summed E-state index contributed by atoms with van der Waals surface area (Å²) < 4.78 is 1.94. The van der Waals surface area contributed by atoms with Gasteiger partial charge in [-0.3, -0.25) is 4.79 Å². The Labute approximate surface area is 169 Å². The van der Waals surface area contributed by atoms with Crippen molar-refractivity contribution in [3.63, 3.8) is 0 Å². The van der Waals surface area contributed by atoms with Crippen LogP contribution in [0.15, 0.2) is 42.5 Å². The predicted molar refractivity (Wildman–Crippen MR) is 110 cm³/mol. The van der Waals surface area contributed by atoms with Gasteiger partial charge in [-0.1, -0.05) is 32.0 Å². The summed E-state index contributed by atoms with van der Waals surface area (Å²) in [5.74, 6) is 0.433. The molecule has 3 aromatic rings. The van der Waals surface area contributed by atoms with Crippen LogP contribution in [0.3, 0.4) is 0 Å². The molecule has 0 bridgehead atoms. The molecule has 1 fully saturated rings. The lowest BCUT2D eigenvalue weighted by Crippen LogP contribution is -2.31. The number of amides is 1. The van der Waals surface area contributed by atoms with Gasteiger partial charge in [0.15, 0.2) is 5.82 Å². The smallest absolute Gasteiger partial charge is 0.248 e. The third-order valence-electron chi connectivity index (χ3n) is 6.01. The number of aromatic nitrogens is 4. The number of rotatable bonds is 4. The van der Waals surface area contributed by atoms with Gasteiger partial charge in [-0.05, 0) is 70.5 Å². The second-order valence-corrected chi connectivity index (χ2v) is 8.71. The fourth-order valence-corrected chi connectivity index (χ4v) is 4.29. The Balaban J connectivity index is 1.49. The molecule has 5 rings (SSSR count). The monoisotopic (exact) mass is 388 g/mol. The van der Waals surface area contributed by atoms with Gasteiger partial charge >= 0.3 is 0 Å². The van der Waals surface area contributed by atoms with Crippen LogP contribution in [0, 0.1) is 0 Å². The SMILES string of the molecule is CC1(C)CC(c2cccc(-c3nnnn3C3CC3)c2)Nc2ccc(C(N)=O)cc21. The number of carbonyl (C=O) groups is 1. The summed E-state index contributed by atoms with van der Waals surface area (Å²) in [6.07, 6.45) is 3.18. The van der Waals surface area contributed by atoms with Gasteiger partial charge in [-0.15, -0.1) is 5.10 Å². The van der Waals surface area contributed by atoms with Crippen LogP contribution in [0.4, 0.5) is 5.69 Å². The van der Waals surface area contributed by atoms with Crippen LogP contribution in [-0.4, -0.2) is 26.1 Å². The quantitative estimate of drug-likeness (QED) is 0.711. The summed E-state index contributed by atoms with van der Waals surface area (Å²) >= 11 is 0. The maximum absolute atomic E-state index is 11.6. The van der Waals surface area contributed by atoms with Crippen LogP contribution in [-0.2, 0) is 5.41 Å². The van der Waals surface area contributed by atoms with Crippen LogP contribution in [0.2, 0.25) is 0 Å². The van der Waals surface area contributed by atoms with Crippen LogP contribution in [0.25, 0.3) is 11.4 Å². The van der Waals surface area contributed by atoms with Crippen molar-refractivity contribution >= 4 is 11.6 Å². The molecule has 3 N–H and O–H groups in total. The molecule has 0 saturated heterocycles. The second kappa shape index (κ2) is 6.40. The lowest BCUT2D eigenvalue weighted by Gasteiger charge is -2.39. The molecule has 2 aliphatic rings. The van der Waals surface area contributed by atoms with E-state index in [0.717, 1.165) is 41.9 Å². The van der Waals surface area contributed by atoms with Crippen molar-refractivity contribution < 1.29 is 4.79 Å². The van der Waals surface area contributed by atoms with E-state index in [1.54, 1.807) is 6.07 Å². The topological polar surface area (TPSA) is 98.7 Å². The number of benzene rings is 2. The first kappa shape index (κ1) is 17.8. The van der Waals surface area contributed by atoms with Crippen LogP contribution in [0.1, 0.15) is 66.7 Å². The van der Waals surface area contributed by atoms with Gasteiger partial charge < -0.3 is 11.1 Å². The summed E-state index contributed by atoms with van der Waals surface area (Å²) in [4.78, 5) is 11.6. The second-order valence-electron chi connectivity index (χ2n) is 8.71. The zero-order valence-electron chi connectivity index (χ0n) is 16.6. The average molecular weight is 388 g/mol. The van der Waals surface area contributed by atoms with E-state index in [9.17, 15) is 4.79 Å². The van der Waals surface area contributed by atoms with Gasteiger partial charge in [-0.25, -0.2) is 4.68 Å². The van der Waals surface area contributed by atoms with Gasteiger partial charge in [0.2, 0.25) is 5.91 Å². The molecule has 1 aromatic heterocycles. The van der Waals surface area contributed by atoms with E-state index in [1.807, 2.05) is 16.8 Å².